The third kappa shape index (κ3) is 6.30. The van der Waals surface area contributed by atoms with E-state index in [2.05, 4.69) is 64.4 Å². The Balaban J connectivity index is 1.30. The minimum absolute atomic E-state index is 0.191. The fourth-order valence-corrected chi connectivity index (χ4v) is 4.34. The Morgan fingerprint density at radius 2 is 1.63 bits per heavy atom. The second-order valence-electron chi connectivity index (χ2n) is 8.36. The molecule has 2 fully saturated rings. The molecule has 1 N–H and O–H groups in total. The quantitative estimate of drug-likeness (QED) is 0.795. The summed E-state index contributed by atoms with van der Waals surface area (Å²) >= 11 is 0. The fourth-order valence-electron chi connectivity index (χ4n) is 4.34. The molecule has 27 heavy (non-hydrogen) atoms. The van der Waals surface area contributed by atoms with Crippen LogP contribution in [0, 0.1) is 5.92 Å². The molecule has 0 bridgehead atoms. The SMILES string of the molecule is CN(C)C1CCN(CCNC(=O)C2CCN(Cc3ccccc3)CC2)CC1. The van der Waals surface area contributed by atoms with Gasteiger partial charge in [-0.2, -0.15) is 0 Å². The van der Waals surface area contributed by atoms with Crippen molar-refractivity contribution in [2.75, 3.05) is 53.4 Å². The van der Waals surface area contributed by atoms with Gasteiger partial charge >= 0.3 is 0 Å². The number of nitrogens with zero attached hydrogens (tertiary/aromatic N) is 3. The average Bonchev–Trinajstić information content (AvgIpc) is 2.69. The normalized spacial score (nSPS) is 20.9. The highest BCUT2D eigenvalue weighted by Crippen LogP contribution is 2.19. The van der Waals surface area contributed by atoms with Crippen molar-refractivity contribution in [2.45, 2.75) is 38.3 Å². The highest BCUT2D eigenvalue weighted by molar-refractivity contribution is 5.78. The third-order valence-electron chi connectivity index (χ3n) is 6.22. The number of carbonyl (C=O) groups is 1. The van der Waals surface area contributed by atoms with E-state index in [1.807, 2.05) is 0 Å². The van der Waals surface area contributed by atoms with Gasteiger partial charge in [-0.1, -0.05) is 30.3 Å². The van der Waals surface area contributed by atoms with Crippen LogP contribution in [0.1, 0.15) is 31.2 Å². The molecular formula is C22H36N4O. The molecule has 0 aromatic heterocycles. The first-order valence-corrected chi connectivity index (χ1v) is 10.5. The minimum Gasteiger partial charge on any atom is -0.355 e. The lowest BCUT2D eigenvalue weighted by atomic mass is 9.95. The number of hydrogen-bond donors (Lipinski definition) is 1. The van der Waals surface area contributed by atoms with Gasteiger partial charge in [0.2, 0.25) is 5.91 Å². The average molecular weight is 373 g/mol. The summed E-state index contributed by atoms with van der Waals surface area (Å²) in [5.41, 5.74) is 1.36. The topological polar surface area (TPSA) is 38.8 Å². The van der Waals surface area contributed by atoms with Crippen LogP contribution < -0.4 is 5.32 Å². The van der Waals surface area contributed by atoms with Gasteiger partial charge in [0, 0.05) is 31.6 Å². The van der Waals surface area contributed by atoms with Gasteiger partial charge in [0.05, 0.1) is 0 Å². The molecule has 0 aliphatic carbocycles. The summed E-state index contributed by atoms with van der Waals surface area (Å²) in [6, 6.07) is 11.3. The summed E-state index contributed by atoms with van der Waals surface area (Å²) in [5.74, 6) is 0.453. The van der Waals surface area contributed by atoms with Crippen molar-refractivity contribution in [3.8, 4) is 0 Å². The van der Waals surface area contributed by atoms with Crippen LogP contribution in [-0.4, -0.2) is 80.0 Å². The zero-order valence-corrected chi connectivity index (χ0v) is 17.1. The van der Waals surface area contributed by atoms with Crippen LogP contribution in [0.3, 0.4) is 0 Å². The van der Waals surface area contributed by atoms with E-state index in [0.29, 0.717) is 0 Å². The second-order valence-corrected chi connectivity index (χ2v) is 8.36. The molecule has 3 rings (SSSR count). The smallest absolute Gasteiger partial charge is 0.223 e. The summed E-state index contributed by atoms with van der Waals surface area (Å²) < 4.78 is 0. The number of amides is 1. The first kappa shape index (κ1) is 20.3. The standard InChI is InChI=1S/C22H36N4O/c1-24(2)21-10-15-25(16-11-21)17-12-23-22(27)20-8-13-26(14-9-20)18-19-6-4-3-5-7-19/h3-7,20-21H,8-18H2,1-2H3,(H,23,27). The number of carbonyl (C=O) groups excluding carboxylic acids is 1. The van der Waals surface area contributed by atoms with E-state index in [-0.39, 0.29) is 11.8 Å². The molecule has 2 heterocycles. The lowest BCUT2D eigenvalue weighted by Crippen LogP contribution is -2.45. The second kappa shape index (κ2) is 10.2. The van der Waals surface area contributed by atoms with Gasteiger partial charge in [-0.15, -0.1) is 0 Å². The fraction of sp³-hybridized carbons (Fsp3) is 0.682. The van der Waals surface area contributed by atoms with E-state index < -0.39 is 0 Å². The minimum atomic E-state index is 0.191. The van der Waals surface area contributed by atoms with E-state index in [1.54, 1.807) is 0 Å². The zero-order chi connectivity index (χ0) is 19.1. The Morgan fingerprint density at radius 1 is 1.00 bits per heavy atom. The highest BCUT2D eigenvalue weighted by Gasteiger charge is 2.25. The predicted octanol–water partition coefficient (Wildman–Crippen LogP) is 2.04. The number of piperidine rings is 2. The molecule has 0 spiro atoms. The van der Waals surface area contributed by atoms with E-state index >= 15 is 0 Å². The van der Waals surface area contributed by atoms with Crippen molar-refractivity contribution in [1.29, 1.82) is 0 Å². The van der Waals surface area contributed by atoms with Gasteiger partial charge < -0.3 is 15.1 Å². The number of hydrogen-bond acceptors (Lipinski definition) is 4. The Bertz CT molecular complexity index is 561. The van der Waals surface area contributed by atoms with Crippen molar-refractivity contribution in [3.05, 3.63) is 35.9 Å². The van der Waals surface area contributed by atoms with Gasteiger partial charge in [0.1, 0.15) is 0 Å². The molecule has 2 aliphatic heterocycles. The lowest BCUT2D eigenvalue weighted by molar-refractivity contribution is -0.126. The Labute approximate surface area is 164 Å². The summed E-state index contributed by atoms with van der Waals surface area (Å²) in [6.45, 7) is 7.11. The van der Waals surface area contributed by atoms with Crippen LogP contribution in [0.4, 0.5) is 0 Å². The Morgan fingerprint density at radius 3 is 2.26 bits per heavy atom. The molecule has 1 aromatic rings. The van der Waals surface area contributed by atoms with Crippen LogP contribution in [0.25, 0.3) is 0 Å². The van der Waals surface area contributed by atoms with Crippen molar-refractivity contribution >= 4 is 5.91 Å². The maximum atomic E-state index is 12.5. The lowest BCUT2D eigenvalue weighted by Gasteiger charge is -2.35. The van der Waals surface area contributed by atoms with Crippen molar-refractivity contribution < 1.29 is 4.79 Å². The number of likely N-dealkylation sites (tertiary alicyclic amines) is 2. The van der Waals surface area contributed by atoms with Crippen molar-refractivity contribution in [3.63, 3.8) is 0 Å². The molecule has 0 saturated carbocycles. The molecule has 5 heteroatoms. The van der Waals surface area contributed by atoms with Crippen LogP contribution >= 0.6 is 0 Å². The maximum Gasteiger partial charge on any atom is 0.223 e. The number of rotatable bonds is 7. The Kier molecular flexibility index (Phi) is 7.68. The molecule has 0 unspecified atom stereocenters. The Hall–Kier alpha value is -1.43. The van der Waals surface area contributed by atoms with Gasteiger partial charge in [0.15, 0.2) is 0 Å². The molecule has 5 nitrogen and oxygen atoms in total. The summed E-state index contributed by atoms with van der Waals surface area (Å²) in [5, 5.41) is 3.19. The van der Waals surface area contributed by atoms with E-state index in [4.69, 9.17) is 0 Å². The molecular weight excluding hydrogens is 336 g/mol. The van der Waals surface area contributed by atoms with Gasteiger partial charge in [0.25, 0.3) is 0 Å². The van der Waals surface area contributed by atoms with Gasteiger partial charge in [-0.05, 0) is 71.5 Å². The largest absolute Gasteiger partial charge is 0.355 e. The van der Waals surface area contributed by atoms with Gasteiger partial charge in [-0.25, -0.2) is 0 Å². The molecule has 0 radical (unpaired) electrons. The first-order chi connectivity index (χ1) is 13.1. The van der Waals surface area contributed by atoms with E-state index in [1.165, 1.54) is 18.4 Å². The van der Waals surface area contributed by atoms with Crippen LogP contribution in [0.2, 0.25) is 0 Å². The zero-order valence-electron chi connectivity index (χ0n) is 17.1. The molecule has 0 atom stereocenters. The first-order valence-electron chi connectivity index (χ1n) is 10.5. The van der Waals surface area contributed by atoms with Gasteiger partial charge in [-0.3, -0.25) is 9.69 Å². The third-order valence-corrected chi connectivity index (χ3v) is 6.22. The summed E-state index contributed by atoms with van der Waals surface area (Å²) in [6.07, 6.45) is 4.43. The molecule has 150 valence electrons. The summed E-state index contributed by atoms with van der Waals surface area (Å²) in [7, 11) is 4.34. The van der Waals surface area contributed by atoms with E-state index in [0.717, 1.165) is 64.7 Å². The molecule has 1 amide bonds. The maximum absolute atomic E-state index is 12.5. The summed E-state index contributed by atoms with van der Waals surface area (Å²) in [4.78, 5) is 19.8. The monoisotopic (exact) mass is 372 g/mol. The van der Waals surface area contributed by atoms with Crippen molar-refractivity contribution in [2.24, 2.45) is 5.92 Å². The van der Waals surface area contributed by atoms with Crippen LogP contribution in [0.5, 0.6) is 0 Å². The number of benzene rings is 1. The number of nitrogens with one attached hydrogen (secondary N) is 1. The van der Waals surface area contributed by atoms with Crippen molar-refractivity contribution in [1.82, 2.24) is 20.0 Å². The molecule has 2 saturated heterocycles. The van der Waals surface area contributed by atoms with Crippen LogP contribution in [0.15, 0.2) is 30.3 Å². The highest BCUT2D eigenvalue weighted by atomic mass is 16.1. The molecule has 1 aromatic carbocycles. The predicted molar refractivity (Wildman–Crippen MR) is 111 cm³/mol. The molecule has 2 aliphatic rings. The van der Waals surface area contributed by atoms with E-state index in [9.17, 15) is 4.79 Å². The van der Waals surface area contributed by atoms with Crippen LogP contribution in [-0.2, 0) is 11.3 Å².